The second-order valence-electron chi connectivity index (χ2n) is 4.18. The van der Waals surface area contributed by atoms with Gasteiger partial charge in [0.2, 0.25) is 0 Å². The standard InChI is InChI=1S/C11H13N3O/c1-7-5-10(12-14(7)2)11-6-9(13-15-11)8-3-4-8/h5-6,8H,3-4H2,1-2H3. The van der Waals surface area contributed by atoms with Gasteiger partial charge in [0.05, 0.1) is 5.69 Å². The molecule has 1 saturated carbocycles. The van der Waals surface area contributed by atoms with Gasteiger partial charge in [-0.05, 0) is 25.8 Å². The number of hydrogen-bond donors (Lipinski definition) is 0. The topological polar surface area (TPSA) is 43.9 Å². The summed E-state index contributed by atoms with van der Waals surface area (Å²) in [6.07, 6.45) is 2.49. The van der Waals surface area contributed by atoms with Crippen LogP contribution in [0, 0.1) is 6.92 Å². The molecule has 0 unspecified atom stereocenters. The lowest BCUT2D eigenvalue weighted by molar-refractivity contribution is 0.422. The number of aromatic nitrogens is 3. The molecule has 1 aliphatic rings. The molecular weight excluding hydrogens is 190 g/mol. The Morgan fingerprint density at radius 3 is 2.80 bits per heavy atom. The molecule has 15 heavy (non-hydrogen) atoms. The van der Waals surface area contributed by atoms with E-state index < -0.39 is 0 Å². The Balaban J connectivity index is 1.97. The summed E-state index contributed by atoms with van der Waals surface area (Å²) >= 11 is 0. The molecule has 2 aromatic rings. The highest BCUT2D eigenvalue weighted by atomic mass is 16.5. The van der Waals surface area contributed by atoms with Crippen LogP contribution in [-0.4, -0.2) is 14.9 Å². The average Bonchev–Trinajstić information content (AvgIpc) is 2.85. The van der Waals surface area contributed by atoms with Gasteiger partial charge < -0.3 is 4.52 Å². The van der Waals surface area contributed by atoms with Crippen molar-refractivity contribution in [1.82, 2.24) is 14.9 Å². The van der Waals surface area contributed by atoms with E-state index in [1.165, 1.54) is 12.8 Å². The van der Waals surface area contributed by atoms with Gasteiger partial charge >= 0.3 is 0 Å². The normalized spacial score (nSPS) is 15.9. The van der Waals surface area contributed by atoms with Crippen molar-refractivity contribution in [2.75, 3.05) is 0 Å². The molecule has 0 aliphatic heterocycles. The van der Waals surface area contributed by atoms with Crippen LogP contribution in [0.25, 0.3) is 11.5 Å². The van der Waals surface area contributed by atoms with Crippen molar-refractivity contribution < 1.29 is 4.52 Å². The van der Waals surface area contributed by atoms with Crippen molar-refractivity contribution in [2.45, 2.75) is 25.7 Å². The lowest BCUT2D eigenvalue weighted by Crippen LogP contribution is -1.91. The fraction of sp³-hybridized carbons (Fsp3) is 0.455. The fourth-order valence-corrected chi connectivity index (χ4v) is 1.66. The Morgan fingerprint density at radius 2 is 2.20 bits per heavy atom. The summed E-state index contributed by atoms with van der Waals surface area (Å²) in [4.78, 5) is 0. The molecule has 1 fully saturated rings. The predicted molar refractivity (Wildman–Crippen MR) is 55.4 cm³/mol. The molecule has 0 spiro atoms. The van der Waals surface area contributed by atoms with Crippen LogP contribution in [0.2, 0.25) is 0 Å². The van der Waals surface area contributed by atoms with Gasteiger partial charge in [-0.15, -0.1) is 0 Å². The quantitative estimate of drug-likeness (QED) is 0.752. The Morgan fingerprint density at radius 1 is 1.40 bits per heavy atom. The zero-order chi connectivity index (χ0) is 10.4. The van der Waals surface area contributed by atoms with Crippen molar-refractivity contribution in [3.8, 4) is 11.5 Å². The number of nitrogens with zero attached hydrogens (tertiary/aromatic N) is 3. The molecule has 2 aromatic heterocycles. The van der Waals surface area contributed by atoms with E-state index in [4.69, 9.17) is 4.52 Å². The molecular formula is C11H13N3O. The van der Waals surface area contributed by atoms with Gasteiger partial charge in [-0.3, -0.25) is 4.68 Å². The minimum absolute atomic E-state index is 0.632. The molecule has 0 bridgehead atoms. The highest BCUT2D eigenvalue weighted by molar-refractivity contribution is 5.52. The van der Waals surface area contributed by atoms with Crippen LogP contribution >= 0.6 is 0 Å². The summed E-state index contributed by atoms with van der Waals surface area (Å²) in [5.41, 5.74) is 3.07. The first kappa shape index (κ1) is 8.71. The second-order valence-corrected chi connectivity index (χ2v) is 4.18. The van der Waals surface area contributed by atoms with Gasteiger partial charge in [-0.25, -0.2) is 0 Å². The summed E-state index contributed by atoms with van der Waals surface area (Å²) in [6.45, 7) is 2.02. The van der Waals surface area contributed by atoms with E-state index in [2.05, 4.69) is 10.3 Å². The lowest BCUT2D eigenvalue weighted by atomic mass is 10.2. The first-order valence-electron chi connectivity index (χ1n) is 5.21. The maximum absolute atomic E-state index is 5.29. The van der Waals surface area contributed by atoms with Crippen LogP contribution in [0.1, 0.15) is 30.1 Å². The van der Waals surface area contributed by atoms with E-state index in [0.29, 0.717) is 5.92 Å². The lowest BCUT2D eigenvalue weighted by Gasteiger charge is -1.88. The molecule has 0 N–H and O–H groups in total. The second kappa shape index (κ2) is 2.95. The van der Waals surface area contributed by atoms with Gasteiger partial charge in [0.25, 0.3) is 0 Å². The maximum Gasteiger partial charge on any atom is 0.187 e. The smallest absolute Gasteiger partial charge is 0.187 e. The van der Waals surface area contributed by atoms with Crippen LogP contribution in [0.5, 0.6) is 0 Å². The summed E-state index contributed by atoms with van der Waals surface area (Å²) in [7, 11) is 1.93. The van der Waals surface area contributed by atoms with Crippen molar-refractivity contribution in [2.24, 2.45) is 7.05 Å². The van der Waals surface area contributed by atoms with Crippen molar-refractivity contribution >= 4 is 0 Å². The SMILES string of the molecule is Cc1cc(-c2cc(C3CC3)no2)nn1C. The molecule has 4 heteroatoms. The molecule has 3 rings (SSSR count). The highest BCUT2D eigenvalue weighted by Gasteiger charge is 2.27. The van der Waals surface area contributed by atoms with E-state index in [1.54, 1.807) is 0 Å². The van der Waals surface area contributed by atoms with Crippen molar-refractivity contribution in [3.05, 3.63) is 23.5 Å². The number of aryl methyl sites for hydroxylation is 2. The third kappa shape index (κ3) is 1.46. The first-order valence-corrected chi connectivity index (χ1v) is 5.21. The minimum atomic E-state index is 0.632. The number of hydrogen-bond acceptors (Lipinski definition) is 3. The zero-order valence-electron chi connectivity index (χ0n) is 8.90. The minimum Gasteiger partial charge on any atom is -0.354 e. The molecule has 0 radical (unpaired) electrons. The molecule has 1 aliphatic carbocycles. The van der Waals surface area contributed by atoms with Crippen LogP contribution < -0.4 is 0 Å². The Kier molecular flexibility index (Phi) is 1.71. The van der Waals surface area contributed by atoms with Gasteiger partial charge in [0.15, 0.2) is 5.76 Å². The zero-order valence-corrected chi connectivity index (χ0v) is 8.90. The van der Waals surface area contributed by atoms with E-state index in [9.17, 15) is 0 Å². The Bertz CT molecular complexity index is 474. The van der Waals surface area contributed by atoms with Gasteiger partial charge in [0, 0.05) is 24.7 Å². The predicted octanol–water partition coefficient (Wildman–Crippen LogP) is 2.26. The maximum atomic E-state index is 5.29. The summed E-state index contributed by atoms with van der Waals surface area (Å²) in [6, 6.07) is 4.02. The van der Waals surface area contributed by atoms with E-state index >= 15 is 0 Å². The first-order chi connectivity index (χ1) is 7.24. The van der Waals surface area contributed by atoms with Gasteiger partial charge in [-0.2, -0.15) is 5.10 Å². The molecule has 0 amide bonds. The molecule has 4 nitrogen and oxygen atoms in total. The van der Waals surface area contributed by atoms with Crippen LogP contribution in [0.3, 0.4) is 0 Å². The summed E-state index contributed by atoms with van der Waals surface area (Å²) < 4.78 is 7.14. The summed E-state index contributed by atoms with van der Waals surface area (Å²) in [5, 5.41) is 8.43. The van der Waals surface area contributed by atoms with E-state index in [-0.39, 0.29) is 0 Å². The average molecular weight is 203 g/mol. The highest BCUT2D eigenvalue weighted by Crippen LogP contribution is 2.40. The molecule has 0 atom stereocenters. The molecule has 0 aromatic carbocycles. The molecule has 2 heterocycles. The van der Waals surface area contributed by atoms with Crippen LogP contribution in [0.15, 0.2) is 16.7 Å². The molecule has 78 valence electrons. The third-order valence-electron chi connectivity index (χ3n) is 2.89. The van der Waals surface area contributed by atoms with E-state index in [1.807, 2.05) is 30.8 Å². The van der Waals surface area contributed by atoms with Crippen molar-refractivity contribution in [3.63, 3.8) is 0 Å². The van der Waals surface area contributed by atoms with Crippen molar-refractivity contribution in [1.29, 1.82) is 0 Å². The largest absolute Gasteiger partial charge is 0.354 e. The third-order valence-corrected chi connectivity index (χ3v) is 2.89. The van der Waals surface area contributed by atoms with Crippen LogP contribution in [-0.2, 0) is 7.05 Å². The van der Waals surface area contributed by atoms with Gasteiger partial charge in [-0.1, -0.05) is 5.16 Å². The summed E-state index contributed by atoms with van der Waals surface area (Å²) in [5.74, 6) is 1.41. The Hall–Kier alpha value is -1.58. The van der Waals surface area contributed by atoms with Crippen LogP contribution in [0.4, 0.5) is 0 Å². The van der Waals surface area contributed by atoms with E-state index in [0.717, 1.165) is 22.8 Å². The number of rotatable bonds is 2. The Labute approximate surface area is 87.9 Å². The van der Waals surface area contributed by atoms with Gasteiger partial charge in [0.1, 0.15) is 5.69 Å². The monoisotopic (exact) mass is 203 g/mol. The fourth-order valence-electron chi connectivity index (χ4n) is 1.66. The molecule has 0 saturated heterocycles.